The third-order valence-electron chi connectivity index (χ3n) is 2.77. The summed E-state index contributed by atoms with van der Waals surface area (Å²) in [4.78, 5) is 12.0. The Labute approximate surface area is 117 Å². The standard InChI is InChI=1S/C15H15ClN2O/c16-12-8-4-5-9-14(12)18-15(19)13(17)10-11-6-2-1-3-7-11/h1-9,13H,10,17H2,(H,18,19)/t13-/m0/s1. The Bertz CT molecular complexity index is 557. The summed E-state index contributed by atoms with van der Waals surface area (Å²) in [6.45, 7) is 0. The first kappa shape index (κ1) is 13.6. The molecule has 0 fully saturated rings. The topological polar surface area (TPSA) is 55.1 Å². The number of halogens is 1. The van der Waals surface area contributed by atoms with E-state index >= 15 is 0 Å². The van der Waals surface area contributed by atoms with Gasteiger partial charge in [-0.05, 0) is 24.1 Å². The predicted molar refractivity (Wildman–Crippen MR) is 78.2 cm³/mol. The summed E-state index contributed by atoms with van der Waals surface area (Å²) < 4.78 is 0. The van der Waals surface area contributed by atoms with Crippen molar-refractivity contribution in [3.63, 3.8) is 0 Å². The second kappa shape index (κ2) is 6.36. The van der Waals surface area contributed by atoms with E-state index < -0.39 is 6.04 Å². The molecule has 2 aromatic carbocycles. The highest BCUT2D eigenvalue weighted by molar-refractivity contribution is 6.33. The molecule has 0 aliphatic rings. The lowest BCUT2D eigenvalue weighted by atomic mass is 10.1. The van der Waals surface area contributed by atoms with E-state index in [2.05, 4.69) is 5.32 Å². The van der Waals surface area contributed by atoms with Crippen molar-refractivity contribution in [3.8, 4) is 0 Å². The van der Waals surface area contributed by atoms with Crippen molar-refractivity contribution in [1.82, 2.24) is 0 Å². The van der Waals surface area contributed by atoms with E-state index in [9.17, 15) is 4.79 Å². The first-order valence-corrected chi connectivity index (χ1v) is 6.39. The molecule has 3 nitrogen and oxygen atoms in total. The molecule has 2 rings (SSSR count). The Kier molecular flexibility index (Phi) is 4.55. The van der Waals surface area contributed by atoms with Gasteiger partial charge in [-0.15, -0.1) is 0 Å². The van der Waals surface area contributed by atoms with Crippen LogP contribution in [-0.4, -0.2) is 11.9 Å². The smallest absolute Gasteiger partial charge is 0.241 e. The van der Waals surface area contributed by atoms with Gasteiger partial charge in [0.1, 0.15) is 0 Å². The molecule has 0 saturated carbocycles. The van der Waals surface area contributed by atoms with Crippen molar-refractivity contribution in [1.29, 1.82) is 0 Å². The number of anilines is 1. The summed E-state index contributed by atoms with van der Waals surface area (Å²) in [5.74, 6) is -0.239. The van der Waals surface area contributed by atoms with Crippen LogP contribution in [0.25, 0.3) is 0 Å². The fourth-order valence-electron chi connectivity index (χ4n) is 1.75. The van der Waals surface area contributed by atoms with Gasteiger partial charge in [-0.2, -0.15) is 0 Å². The minimum absolute atomic E-state index is 0.239. The number of nitrogens with two attached hydrogens (primary N) is 1. The number of benzene rings is 2. The third kappa shape index (κ3) is 3.81. The Hall–Kier alpha value is -1.84. The second-order valence-electron chi connectivity index (χ2n) is 4.27. The van der Waals surface area contributed by atoms with Gasteiger partial charge >= 0.3 is 0 Å². The molecule has 0 bridgehead atoms. The number of carbonyl (C=O) groups excluding carboxylic acids is 1. The fourth-order valence-corrected chi connectivity index (χ4v) is 1.93. The lowest BCUT2D eigenvalue weighted by Gasteiger charge is -2.13. The van der Waals surface area contributed by atoms with Gasteiger partial charge in [0, 0.05) is 0 Å². The van der Waals surface area contributed by atoms with Crippen molar-refractivity contribution >= 4 is 23.2 Å². The molecular formula is C15H15ClN2O. The van der Waals surface area contributed by atoms with Crippen LogP contribution in [0.5, 0.6) is 0 Å². The van der Waals surface area contributed by atoms with E-state index in [1.54, 1.807) is 12.1 Å². The Morgan fingerprint density at radius 1 is 1.11 bits per heavy atom. The molecule has 0 unspecified atom stereocenters. The van der Waals surface area contributed by atoms with Crippen LogP contribution in [0.4, 0.5) is 5.69 Å². The summed E-state index contributed by atoms with van der Waals surface area (Å²) in [5, 5.41) is 3.24. The molecule has 3 N–H and O–H groups in total. The van der Waals surface area contributed by atoms with Crippen LogP contribution in [0.1, 0.15) is 5.56 Å². The zero-order chi connectivity index (χ0) is 13.7. The first-order chi connectivity index (χ1) is 9.16. The highest BCUT2D eigenvalue weighted by Crippen LogP contribution is 2.20. The molecule has 0 heterocycles. The van der Waals surface area contributed by atoms with Crippen molar-refractivity contribution in [3.05, 3.63) is 65.2 Å². The van der Waals surface area contributed by atoms with Gasteiger partial charge in [-0.25, -0.2) is 0 Å². The molecule has 4 heteroatoms. The molecule has 98 valence electrons. The number of rotatable bonds is 4. The van der Waals surface area contributed by atoms with Crippen molar-refractivity contribution in [2.75, 3.05) is 5.32 Å². The van der Waals surface area contributed by atoms with Crippen LogP contribution in [0.3, 0.4) is 0 Å². The lowest BCUT2D eigenvalue weighted by Crippen LogP contribution is -2.37. The van der Waals surface area contributed by atoms with Crippen LogP contribution < -0.4 is 11.1 Å². The summed E-state index contributed by atoms with van der Waals surface area (Å²) in [6, 6.07) is 16.2. The van der Waals surface area contributed by atoms with E-state index in [-0.39, 0.29) is 5.91 Å². The molecule has 0 spiro atoms. The molecule has 0 aliphatic carbocycles. The van der Waals surface area contributed by atoms with Gasteiger partial charge in [-0.3, -0.25) is 4.79 Å². The Morgan fingerprint density at radius 2 is 1.74 bits per heavy atom. The molecule has 2 aromatic rings. The largest absolute Gasteiger partial charge is 0.323 e. The van der Waals surface area contributed by atoms with Gasteiger partial charge in [0.2, 0.25) is 5.91 Å². The number of hydrogen-bond donors (Lipinski definition) is 2. The molecule has 1 atom stereocenters. The molecule has 0 aliphatic heterocycles. The zero-order valence-electron chi connectivity index (χ0n) is 10.3. The number of nitrogens with one attached hydrogen (secondary N) is 1. The third-order valence-corrected chi connectivity index (χ3v) is 3.10. The Morgan fingerprint density at radius 3 is 2.42 bits per heavy atom. The minimum Gasteiger partial charge on any atom is -0.323 e. The van der Waals surface area contributed by atoms with E-state index in [4.69, 9.17) is 17.3 Å². The first-order valence-electron chi connectivity index (χ1n) is 6.01. The van der Waals surface area contributed by atoms with Gasteiger partial charge < -0.3 is 11.1 Å². The SMILES string of the molecule is N[C@@H](Cc1ccccc1)C(=O)Nc1ccccc1Cl. The van der Waals surface area contributed by atoms with Crippen LogP contribution in [0.15, 0.2) is 54.6 Å². The van der Waals surface area contributed by atoms with E-state index in [0.717, 1.165) is 5.56 Å². The zero-order valence-corrected chi connectivity index (χ0v) is 11.1. The molecule has 1 amide bonds. The lowest BCUT2D eigenvalue weighted by molar-refractivity contribution is -0.117. The normalized spacial score (nSPS) is 11.9. The monoisotopic (exact) mass is 274 g/mol. The summed E-state index contributed by atoms with van der Waals surface area (Å²) in [5.41, 5.74) is 7.50. The number of para-hydroxylation sites is 1. The van der Waals surface area contributed by atoms with E-state index in [1.165, 1.54) is 0 Å². The average molecular weight is 275 g/mol. The Balaban J connectivity index is 1.99. The van der Waals surface area contributed by atoms with Crippen LogP contribution in [0.2, 0.25) is 5.02 Å². The highest BCUT2D eigenvalue weighted by Gasteiger charge is 2.15. The van der Waals surface area contributed by atoms with Gasteiger partial charge in [0.15, 0.2) is 0 Å². The number of amides is 1. The molecule has 0 saturated heterocycles. The molecular weight excluding hydrogens is 260 g/mol. The van der Waals surface area contributed by atoms with Crippen LogP contribution in [-0.2, 0) is 11.2 Å². The van der Waals surface area contributed by atoms with Crippen molar-refractivity contribution < 1.29 is 4.79 Å². The molecule has 19 heavy (non-hydrogen) atoms. The molecule has 0 radical (unpaired) electrons. The second-order valence-corrected chi connectivity index (χ2v) is 4.67. The maximum absolute atomic E-state index is 12.0. The number of hydrogen-bond acceptors (Lipinski definition) is 2. The summed E-state index contributed by atoms with van der Waals surface area (Å²) in [7, 11) is 0. The van der Waals surface area contributed by atoms with E-state index in [1.807, 2.05) is 42.5 Å². The van der Waals surface area contributed by atoms with Crippen LogP contribution in [0, 0.1) is 0 Å². The minimum atomic E-state index is -0.598. The predicted octanol–water partition coefficient (Wildman–Crippen LogP) is 2.85. The maximum Gasteiger partial charge on any atom is 0.241 e. The van der Waals surface area contributed by atoms with Gasteiger partial charge in [-0.1, -0.05) is 54.1 Å². The fraction of sp³-hybridized carbons (Fsp3) is 0.133. The van der Waals surface area contributed by atoms with Gasteiger partial charge in [0.05, 0.1) is 16.8 Å². The van der Waals surface area contributed by atoms with Gasteiger partial charge in [0.25, 0.3) is 0 Å². The average Bonchev–Trinajstić information content (AvgIpc) is 2.42. The number of carbonyl (C=O) groups is 1. The highest BCUT2D eigenvalue weighted by atomic mass is 35.5. The summed E-state index contributed by atoms with van der Waals surface area (Å²) >= 11 is 5.98. The maximum atomic E-state index is 12.0. The quantitative estimate of drug-likeness (QED) is 0.901. The van der Waals surface area contributed by atoms with Crippen molar-refractivity contribution in [2.24, 2.45) is 5.73 Å². The summed E-state index contributed by atoms with van der Waals surface area (Å²) in [6.07, 6.45) is 0.497. The van der Waals surface area contributed by atoms with Crippen molar-refractivity contribution in [2.45, 2.75) is 12.5 Å². The molecule has 0 aromatic heterocycles. The van der Waals surface area contributed by atoms with E-state index in [0.29, 0.717) is 17.1 Å². The van der Waals surface area contributed by atoms with Crippen LogP contribution >= 0.6 is 11.6 Å².